The van der Waals surface area contributed by atoms with Gasteiger partial charge in [0, 0.05) is 29.7 Å². The van der Waals surface area contributed by atoms with E-state index in [1.54, 1.807) is 12.1 Å². The Hall–Kier alpha value is -2.26. The van der Waals surface area contributed by atoms with Crippen LogP contribution < -0.4 is 11.1 Å². The molecule has 0 saturated carbocycles. The topological polar surface area (TPSA) is 71.5 Å². The summed E-state index contributed by atoms with van der Waals surface area (Å²) in [5.74, 6) is -0.544. The van der Waals surface area contributed by atoms with Gasteiger partial charge in [-0.05, 0) is 43.9 Å². The number of nitrogens with two attached hydrogens (primary N) is 1. The highest BCUT2D eigenvalue weighted by Gasteiger charge is 2.31. The summed E-state index contributed by atoms with van der Waals surface area (Å²) in [4.78, 5) is 14.7. The van der Waals surface area contributed by atoms with Crippen molar-refractivity contribution in [1.82, 2.24) is 4.90 Å². The summed E-state index contributed by atoms with van der Waals surface area (Å²) in [6, 6.07) is 10.5. The van der Waals surface area contributed by atoms with Gasteiger partial charge in [-0.3, -0.25) is 4.79 Å². The van der Waals surface area contributed by atoms with Crippen molar-refractivity contribution < 1.29 is 22.4 Å². The zero-order valence-electron chi connectivity index (χ0n) is 16.2. The molecular weight excluding hydrogens is 442 g/mol. The third-order valence-electron chi connectivity index (χ3n) is 4.19. The highest BCUT2D eigenvalue weighted by Crippen LogP contribution is 2.33. The van der Waals surface area contributed by atoms with Gasteiger partial charge in [0.2, 0.25) is 0 Å². The monoisotopic (exact) mass is 463 g/mol. The zero-order chi connectivity index (χ0) is 20.5. The molecule has 1 amide bonds. The number of anilines is 1. The Bertz CT molecular complexity index is 1020. The number of fused-ring (bicyclic) bond motifs is 1. The number of amides is 1. The Kier molecular flexibility index (Phi) is 8.74. The van der Waals surface area contributed by atoms with E-state index in [0.29, 0.717) is 17.7 Å². The second-order valence-electron chi connectivity index (χ2n) is 6.72. The van der Waals surface area contributed by atoms with Crippen molar-refractivity contribution in [3.63, 3.8) is 0 Å². The predicted octanol–water partition coefficient (Wildman–Crippen LogP) is 5.07. The quantitative estimate of drug-likeness (QED) is 0.554. The van der Waals surface area contributed by atoms with E-state index in [2.05, 4.69) is 5.32 Å². The molecule has 0 aliphatic rings. The lowest BCUT2D eigenvalue weighted by Crippen LogP contribution is -2.18. The molecule has 0 fully saturated rings. The molecule has 30 heavy (non-hydrogen) atoms. The fourth-order valence-corrected chi connectivity index (χ4v) is 2.99. The summed E-state index contributed by atoms with van der Waals surface area (Å²) in [7, 11) is 3.70. The van der Waals surface area contributed by atoms with Gasteiger partial charge in [0.05, 0.1) is 5.56 Å². The highest BCUT2D eigenvalue weighted by molar-refractivity contribution is 6.06. The molecular formula is C20H22Cl2F3N3O2. The number of benzene rings is 2. The van der Waals surface area contributed by atoms with E-state index >= 15 is 0 Å². The summed E-state index contributed by atoms with van der Waals surface area (Å²) >= 11 is 0. The van der Waals surface area contributed by atoms with Crippen LogP contribution in [0.15, 0.2) is 46.9 Å². The number of hydrogen-bond acceptors (Lipinski definition) is 4. The third-order valence-corrected chi connectivity index (χ3v) is 4.19. The molecule has 1 heterocycles. The number of halogens is 5. The maximum atomic E-state index is 13.1. The van der Waals surface area contributed by atoms with E-state index in [4.69, 9.17) is 10.2 Å². The Morgan fingerprint density at radius 3 is 2.40 bits per heavy atom. The van der Waals surface area contributed by atoms with Crippen molar-refractivity contribution in [3.05, 3.63) is 64.9 Å². The maximum Gasteiger partial charge on any atom is 0.416 e. The molecule has 0 atom stereocenters. The third kappa shape index (κ3) is 5.66. The SMILES string of the molecule is CN(C)Cc1c(C(=O)Nc2cc(CN)cc(C(F)(F)F)c2)oc2ccccc12.Cl.Cl. The number of furan rings is 1. The Labute approximate surface area is 184 Å². The first-order valence-corrected chi connectivity index (χ1v) is 8.56. The summed E-state index contributed by atoms with van der Waals surface area (Å²) in [6.45, 7) is 0.361. The van der Waals surface area contributed by atoms with Gasteiger partial charge in [0.15, 0.2) is 5.76 Å². The van der Waals surface area contributed by atoms with E-state index in [-0.39, 0.29) is 48.4 Å². The molecule has 0 bridgehead atoms. The standard InChI is InChI=1S/C20H20F3N3O2.2ClH/c1-26(2)11-16-15-5-3-4-6-17(15)28-18(16)19(27)25-14-8-12(10-24)7-13(9-14)20(21,22)23;;/h3-9H,10-11,24H2,1-2H3,(H,25,27);2*1H. The van der Waals surface area contributed by atoms with Gasteiger partial charge in [-0.15, -0.1) is 24.8 Å². The van der Waals surface area contributed by atoms with Crippen molar-refractivity contribution in [1.29, 1.82) is 0 Å². The smallest absolute Gasteiger partial charge is 0.416 e. The van der Waals surface area contributed by atoms with Gasteiger partial charge in [-0.2, -0.15) is 13.2 Å². The number of nitrogens with zero attached hydrogens (tertiary/aromatic N) is 1. The minimum Gasteiger partial charge on any atom is -0.451 e. The molecule has 0 unspecified atom stereocenters. The van der Waals surface area contributed by atoms with Crippen LogP contribution in [0.2, 0.25) is 0 Å². The first-order chi connectivity index (χ1) is 13.2. The van der Waals surface area contributed by atoms with Crippen LogP contribution in [0.3, 0.4) is 0 Å². The second-order valence-corrected chi connectivity index (χ2v) is 6.72. The lowest BCUT2D eigenvalue weighted by Gasteiger charge is -2.13. The molecule has 3 aromatic rings. The molecule has 0 aliphatic heterocycles. The Balaban J connectivity index is 0.00000225. The minimum absolute atomic E-state index is 0. The van der Waals surface area contributed by atoms with Crippen LogP contribution in [-0.2, 0) is 19.3 Å². The molecule has 3 rings (SSSR count). The lowest BCUT2D eigenvalue weighted by molar-refractivity contribution is -0.137. The summed E-state index contributed by atoms with van der Waals surface area (Å²) < 4.78 is 45.0. The van der Waals surface area contributed by atoms with Crippen LogP contribution in [0.25, 0.3) is 11.0 Å². The Morgan fingerprint density at radius 2 is 1.80 bits per heavy atom. The second kappa shape index (κ2) is 10.2. The van der Waals surface area contributed by atoms with Gasteiger partial charge < -0.3 is 20.4 Å². The molecule has 10 heteroatoms. The van der Waals surface area contributed by atoms with Crippen molar-refractivity contribution in [2.24, 2.45) is 5.73 Å². The number of para-hydroxylation sites is 1. The number of nitrogens with one attached hydrogen (secondary N) is 1. The van der Waals surface area contributed by atoms with Gasteiger partial charge in [-0.25, -0.2) is 0 Å². The minimum atomic E-state index is -4.54. The number of hydrogen-bond donors (Lipinski definition) is 2. The van der Waals surface area contributed by atoms with Crippen molar-refractivity contribution in [2.45, 2.75) is 19.3 Å². The van der Waals surface area contributed by atoms with Gasteiger partial charge >= 0.3 is 6.18 Å². The summed E-state index contributed by atoms with van der Waals surface area (Å²) in [6.07, 6.45) is -4.54. The molecule has 164 valence electrons. The molecule has 1 aromatic heterocycles. The predicted molar refractivity (Wildman–Crippen MR) is 115 cm³/mol. The molecule has 0 saturated heterocycles. The van der Waals surface area contributed by atoms with E-state index in [9.17, 15) is 18.0 Å². The first kappa shape index (κ1) is 25.8. The molecule has 0 aliphatic carbocycles. The van der Waals surface area contributed by atoms with Crippen LogP contribution in [0.4, 0.5) is 18.9 Å². The molecule has 3 N–H and O–H groups in total. The summed E-state index contributed by atoms with van der Waals surface area (Å²) in [5, 5.41) is 3.30. The van der Waals surface area contributed by atoms with E-state index < -0.39 is 17.6 Å². The van der Waals surface area contributed by atoms with Crippen LogP contribution in [0.5, 0.6) is 0 Å². The first-order valence-electron chi connectivity index (χ1n) is 8.56. The normalized spacial score (nSPS) is 11.2. The number of alkyl halides is 3. The average molecular weight is 464 g/mol. The molecule has 2 aromatic carbocycles. The largest absolute Gasteiger partial charge is 0.451 e. The van der Waals surface area contributed by atoms with E-state index in [1.807, 2.05) is 31.1 Å². The van der Waals surface area contributed by atoms with Crippen molar-refractivity contribution >= 4 is 47.4 Å². The van der Waals surface area contributed by atoms with Crippen LogP contribution in [-0.4, -0.2) is 24.9 Å². The van der Waals surface area contributed by atoms with E-state index in [0.717, 1.165) is 17.5 Å². The number of rotatable bonds is 5. The fourth-order valence-electron chi connectivity index (χ4n) is 2.99. The van der Waals surface area contributed by atoms with Crippen LogP contribution >= 0.6 is 24.8 Å². The number of carbonyl (C=O) groups is 1. The number of carbonyl (C=O) groups excluding carboxylic acids is 1. The summed E-state index contributed by atoms with van der Waals surface area (Å²) in [5.41, 5.74) is 6.11. The van der Waals surface area contributed by atoms with Gasteiger partial charge in [-0.1, -0.05) is 18.2 Å². The fraction of sp³-hybridized carbons (Fsp3) is 0.250. The highest BCUT2D eigenvalue weighted by atomic mass is 35.5. The van der Waals surface area contributed by atoms with Gasteiger partial charge in [0.1, 0.15) is 5.58 Å². The lowest BCUT2D eigenvalue weighted by atomic mass is 10.1. The molecule has 0 spiro atoms. The average Bonchev–Trinajstić information content (AvgIpc) is 2.99. The molecule has 0 radical (unpaired) electrons. The zero-order valence-corrected chi connectivity index (χ0v) is 17.9. The van der Waals surface area contributed by atoms with Crippen LogP contribution in [0.1, 0.15) is 27.2 Å². The van der Waals surface area contributed by atoms with Crippen molar-refractivity contribution in [3.8, 4) is 0 Å². The van der Waals surface area contributed by atoms with E-state index in [1.165, 1.54) is 6.07 Å². The Morgan fingerprint density at radius 1 is 1.13 bits per heavy atom. The van der Waals surface area contributed by atoms with Crippen molar-refractivity contribution in [2.75, 3.05) is 19.4 Å². The molecule has 5 nitrogen and oxygen atoms in total. The maximum absolute atomic E-state index is 13.1. The van der Waals surface area contributed by atoms with Crippen LogP contribution in [0, 0.1) is 0 Å². The van der Waals surface area contributed by atoms with Gasteiger partial charge in [0.25, 0.3) is 5.91 Å².